The van der Waals surface area contributed by atoms with E-state index in [2.05, 4.69) is 4.98 Å². The molecule has 0 fully saturated rings. The number of ketones is 1. The Bertz CT molecular complexity index is 1490. The molecular weight excluding hydrogens is 509 g/mol. The Morgan fingerprint density at radius 3 is 2.24 bits per heavy atom. The van der Waals surface area contributed by atoms with Crippen molar-refractivity contribution in [3.05, 3.63) is 92.9 Å². The van der Waals surface area contributed by atoms with Gasteiger partial charge in [0.05, 0.1) is 17.0 Å². The fraction of sp³-hybridized carbons (Fsp3) is 0.269. The molecule has 1 N–H and O–H groups in total. The first kappa shape index (κ1) is 27.9. The smallest absolute Gasteiger partial charge is 0.326 e. The third-order valence-corrected chi connectivity index (χ3v) is 6.87. The number of anilines is 1. The first-order chi connectivity index (χ1) is 17.2. The summed E-state index contributed by atoms with van der Waals surface area (Å²) in [6.45, 7) is 2.80. The van der Waals surface area contributed by atoms with Crippen LogP contribution in [0.15, 0.2) is 64.3 Å². The van der Waals surface area contributed by atoms with Crippen LogP contribution in [0.4, 0.5) is 18.9 Å². The van der Waals surface area contributed by atoms with E-state index in [1.165, 1.54) is 43.3 Å². The van der Waals surface area contributed by atoms with E-state index in [1.54, 1.807) is 6.92 Å². The molecule has 0 aliphatic heterocycles. The van der Waals surface area contributed by atoms with Gasteiger partial charge in [-0.1, -0.05) is 18.2 Å². The summed E-state index contributed by atoms with van der Waals surface area (Å²) in [5, 5.41) is 0. The van der Waals surface area contributed by atoms with Crippen LogP contribution in [0.1, 0.15) is 46.1 Å². The van der Waals surface area contributed by atoms with Crippen LogP contribution in [0, 0.1) is 6.92 Å². The Kier molecular flexibility index (Phi) is 8.06. The van der Waals surface area contributed by atoms with Crippen LogP contribution in [-0.4, -0.2) is 31.3 Å². The highest BCUT2D eigenvalue weighted by Crippen LogP contribution is 2.32. The van der Waals surface area contributed by atoms with Gasteiger partial charge in [0.15, 0.2) is 9.84 Å². The molecule has 0 spiro atoms. The average molecular weight is 535 g/mol. The maximum Gasteiger partial charge on any atom is 0.416 e. The number of alkyl halides is 3. The average Bonchev–Trinajstić information content (AvgIpc) is 2.81. The number of amides is 1. The summed E-state index contributed by atoms with van der Waals surface area (Å²) in [5.74, 6) is -0.932. The number of nitrogens with one attached hydrogen (secondary N) is 1. The summed E-state index contributed by atoms with van der Waals surface area (Å²) in [4.78, 5) is 41.4. The van der Waals surface area contributed by atoms with E-state index < -0.39 is 33.0 Å². The number of aryl methyl sites for hydroxylation is 2. The quantitative estimate of drug-likeness (QED) is 0.459. The summed E-state index contributed by atoms with van der Waals surface area (Å²) in [6, 6.07) is 11.1. The van der Waals surface area contributed by atoms with Gasteiger partial charge in [0.25, 0.3) is 11.5 Å². The van der Waals surface area contributed by atoms with Crippen molar-refractivity contribution in [1.29, 1.82) is 0 Å². The number of rotatable bonds is 8. The number of halogens is 3. The minimum Gasteiger partial charge on any atom is -0.326 e. The number of pyridine rings is 1. The van der Waals surface area contributed by atoms with Crippen molar-refractivity contribution >= 4 is 27.2 Å². The summed E-state index contributed by atoms with van der Waals surface area (Å²) in [7, 11) is -3.48. The van der Waals surface area contributed by atoms with Gasteiger partial charge in [-0.15, -0.1) is 0 Å². The molecule has 0 radical (unpaired) electrons. The number of aromatic nitrogens is 1. The van der Waals surface area contributed by atoms with Crippen molar-refractivity contribution in [1.82, 2.24) is 4.98 Å². The summed E-state index contributed by atoms with van der Waals surface area (Å²) >= 11 is 0. The molecule has 0 bridgehead atoms. The molecule has 3 rings (SSSR count). The topological polar surface area (TPSA) is 104 Å². The minimum atomic E-state index is -4.66. The SMILES string of the molecule is CC(=O)CCc1cc(C(=O)N(Cc2ccc(S(C)(=O)=O)cc2)c2cccc(C(F)(F)F)c2)c(=O)[nH]c1C. The molecule has 1 amide bonds. The molecule has 2 aromatic carbocycles. The lowest BCUT2D eigenvalue weighted by Gasteiger charge is -2.24. The molecule has 0 unspecified atom stereocenters. The lowest BCUT2D eigenvalue weighted by atomic mass is 10.0. The lowest BCUT2D eigenvalue weighted by Crippen LogP contribution is -2.35. The monoisotopic (exact) mass is 534 g/mol. The van der Waals surface area contributed by atoms with E-state index in [9.17, 15) is 36.0 Å². The molecule has 1 aromatic heterocycles. The third kappa shape index (κ3) is 6.94. The van der Waals surface area contributed by atoms with Crippen LogP contribution >= 0.6 is 0 Å². The van der Waals surface area contributed by atoms with Crippen LogP contribution in [0.3, 0.4) is 0 Å². The van der Waals surface area contributed by atoms with Crippen LogP contribution in [0.25, 0.3) is 0 Å². The van der Waals surface area contributed by atoms with E-state index in [0.717, 1.165) is 29.4 Å². The number of sulfone groups is 1. The number of nitrogens with zero attached hydrogens (tertiary/aromatic N) is 1. The molecule has 0 saturated heterocycles. The maximum absolute atomic E-state index is 13.6. The fourth-order valence-electron chi connectivity index (χ4n) is 3.70. The predicted molar refractivity (Wildman–Crippen MR) is 132 cm³/mol. The zero-order valence-corrected chi connectivity index (χ0v) is 21.2. The lowest BCUT2D eigenvalue weighted by molar-refractivity contribution is -0.137. The highest BCUT2D eigenvalue weighted by atomic mass is 32.2. The van der Waals surface area contributed by atoms with Gasteiger partial charge in [-0.3, -0.25) is 9.59 Å². The molecule has 11 heteroatoms. The van der Waals surface area contributed by atoms with Gasteiger partial charge in [-0.2, -0.15) is 13.2 Å². The number of hydrogen-bond acceptors (Lipinski definition) is 5. The molecule has 37 heavy (non-hydrogen) atoms. The van der Waals surface area contributed by atoms with E-state index >= 15 is 0 Å². The number of aromatic amines is 1. The summed E-state index contributed by atoms with van der Waals surface area (Å²) < 4.78 is 63.8. The summed E-state index contributed by atoms with van der Waals surface area (Å²) in [6.07, 6.45) is -3.17. The number of benzene rings is 2. The predicted octanol–water partition coefficient (Wildman–Crippen LogP) is 4.47. The Morgan fingerprint density at radius 2 is 1.68 bits per heavy atom. The Morgan fingerprint density at radius 1 is 1.03 bits per heavy atom. The standard InChI is InChI=1S/C26H25F3N2O5S/c1-16(32)7-10-19-13-23(24(33)30-17(19)2)25(34)31(21-6-4-5-20(14-21)26(27,28)29)15-18-8-11-22(12-9-18)37(3,35)36/h4-6,8-9,11-14H,7,10,15H2,1-3H3,(H,30,33). The Hall–Kier alpha value is -3.73. The van der Waals surface area contributed by atoms with E-state index in [4.69, 9.17) is 0 Å². The molecular formula is C26H25F3N2O5S. The molecule has 3 aromatic rings. The highest BCUT2D eigenvalue weighted by molar-refractivity contribution is 7.90. The molecule has 0 aliphatic rings. The third-order valence-electron chi connectivity index (χ3n) is 5.75. The van der Waals surface area contributed by atoms with Crippen molar-refractivity contribution in [3.8, 4) is 0 Å². The van der Waals surface area contributed by atoms with Gasteiger partial charge in [-0.05, 0) is 67.8 Å². The van der Waals surface area contributed by atoms with E-state index in [0.29, 0.717) is 16.8 Å². The van der Waals surface area contributed by atoms with Gasteiger partial charge in [0, 0.05) is 24.1 Å². The summed E-state index contributed by atoms with van der Waals surface area (Å²) in [5.41, 5.74) is -0.636. The molecule has 0 saturated carbocycles. The fourth-order valence-corrected chi connectivity index (χ4v) is 4.33. The van der Waals surface area contributed by atoms with E-state index in [-0.39, 0.29) is 41.3 Å². The molecule has 0 atom stereocenters. The first-order valence-corrected chi connectivity index (χ1v) is 13.1. The normalized spacial score (nSPS) is 11.8. The molecule has 7 nitrogen and oxygen atoms in total. The second-order valence-electron chi connectivity index (χ2n) is 8.72. The van der Waals surface area contributed by atoms with Crippen LogP contribution < -0.4 is 10.5 Å². The van der Waals surface area contributed by atoms with Crippen molar-refractivity contribution in [2.75, 3.05) is 11.2 Å². The largest absolute Gasteiger partial charge is 0.416 e. The van der Waals surface area contributed by atoms with Gasteiger partial charge in [-0.25, -0.2) is 8.42 Å². The minimum absolute atomic E-state index is 0.0401. The van der Waals surface area contributed by atoms with Gasteiger partial charge in [0.2, 0.25) is 0 Å². The molecule has 0 aliphatic carbocycles. The number of hydrogen-bond donors (Lipinski definition) is 1. The van der Waals surface area contributed by atoms with Gasteiger partial charge >= 0.3 is 6.18 Å². The van der Waals surface area contributed by atoms with Crippen molar-refractivity contribution < 1.29 is 31.2 Å². The van der Waals surface area contributed by atoms with Crippen LogP contribution in [-0.2, 0) is 33.8 Å². The number of Topliss-reactive ketones (excluding diaryl/α,β-unsaturated/α-hetero) is 1. The van der Waals surface area contributed by atoms with Gasteiger partial charge in [0.1, 0.15) is 11.3 Å². The molecule has 196 valence electrons. The van der Waals surface area contributed by atoms with Crippen molar-refractivity contribution in [2.45, 2.75) is 44.3 Å². The second kappa shape index (κ2) is 10.7. The number of carbonyl (C=O) groups excluding carboxylic acids is 2. The van der Waals surface area contributed by atoms with Crippen LogP contribution in [0.2, 0.25) is 0 Å². The van der Waals surface area contributed by atoms with Gasteiger partial charge < -0.3 is 14.7 Å². The first-order valence-electron chi connectivity index (χ1n) is 11.2. The highest BCUT2D eigenvalue weighted by Gasteiger charge is 2.32. The van der Waals surface area contributed by atoms with Crippen molar-refractivity contribution in [3.63, 3.8) is 0 Å². The Balaban J connectivity index is 2.10. The van der Waals surface area contributed by atoms with Crippen molar-refractivity contribution in [2.24, 2.45) is 0 Å². The maximum atomic E-state index is 13.6. The van der Waals surface area contributed by atoms with E-state index in [1.807, 2.05) is 0 Å². The number of H-pyrrole nitrogens is 1. The zero-order valence-electron chi connectivity index (χ0n) is 20.3. The second-order valence-corrected chi connectivity index (χ2v) is 10.7. The Labute approximate surface area is 211 Å². The zero-order chi connectivity index (χ0) is 27.5. The molecule has 1 heterocycles. The van der Waals surface area contributed by atoms with Crippen LogP contribution in [0.5, 0.6) is 0 Å². The number of carbonyl (C=O) groups is 2.